The monoisotopic (exact) mass is 454 g/mol. The Balaban J connectivity index is 1.53. The highest BCUT2D eigenvalue weighted by atomic mass is 35.5. The Morgan fingerprint density at radius 3 is 2.77 bits per heavy atom. The molecule has 0 unspecified atom stereocenters. The van der Waals surface area contributed by atoms with E-state index in [1.54, 1.807) is 23.0 Å². The zero-order valence-corrected chi connectivity index (χ0v) is 16.6. The fourth-order valence-corrected chi connectivity index (χ4v) is 3.52. The summed E-state index contributed by atoms with van der Waals surface area (Å²) < 4.78 is 54.7. The van der Waals surface area contributed by atoms with Crippen LogP contribution >= 0.6 is 11.6 Å². The lowest BCUT2D eigenvalue weighted by atomic mass is 10.1. The molecule has 1 aliphatic heterocycles. The second kappa shape index (κ2) is 8.14. The van der Waals surface area contributed by atoms with Crippen molar-refractivity contribution >= 4 is 23.6 Å². The Hall–Kier alpha value is -3.21. The number of amides is 1. The molecular formula is C19H15ClF4N6O. The van der Waals surface area contributed by atoms with Crippen LogP contribution in [0.2, 0.25) is 5.02 Å². The van der Waals surface area contributed by atoms with Crippen LogP contribution in [0.5, 0.6) is 0 Å². The summed E-state index contributed by atoms with van der Waals surface area (Å²) in [5.74, 6) is -0.683. The van der Waals surface area contributed by atoms with Crippen molar-refractivity contribution in [2.75, 3.05) is 6.67 Å². The van der Waals surface area contributed by atoms with Crippen LogP contribution in [0.1, 0.15) is 33.0 Å². The fraction of sp³-hybridized carbons (Fsp3) is 0.263. The van der Waals surface area contributed by atoms with Gasteiger partial charge < -0.3 is 4.90 Å². The van der Waals surface area contributed by atoms with Gasteiger partial charge >= 0.3 is 6.18 Å². The van der Waals surface area contributed by atoms with Crippen LogP contribution in [0.4, 0.5) is 17.6 Å². The molecule has 0 spiro atoms. The molecule has 0 radical (unpaired) electrons. The van der Waals surface area contributed by atoms with Gasteiger partial charge in [-0.2, -0.15) is 18.3 Å². The minimum absolute atomic E-state index is 0.0214. The topological polar surface area (TPSA) is 68.8 Å². The first-order valence-corrected chi connectivity index (χ1v) is 9.51. The highest BCUT2D eigenvalue weighted by molar-refractivity contribution is 6.34. The van der Waals surface area contributed by atoms with Crippen molar-refractivity contribution in [1.29, 1.82) is 0 Å². The molecule has 3 aromatic rings. The zero-order valence-electron chi connectivity index (χ0n) is 15.9. The van der Waals surface area contributed by atoms with E-state index in [-0.39, 0.29) is 18.7 Å². The average molecular weight is 455 g/mol. The molecule has 0 bridgehead atoms. The third-order valence-electron chi connectivity index (χ3n) is 4.70. The summed E-state index contributed by atoms with van der Waals surface area (Å²) in [6.07, 6.45) is 0.0329. The lowest BCUT2D eigenvalue weighted by molar-refractivity contribution is -0.137. The number of aryl methyl sites for hydroxylation is 1. The Morgan fingerprint density at radius 2 is 2.03 bits per heavy atom. The smallest absolute Gasteiger partial charge is 0.309 e. The minimum atomic E-state index is -4.67. The summed E-state index contributed by atoms with van der Waals surface area (Å²) in [5.41, 5.74) is 0.445. The fourth-order valence-electron chi connectivity index (χ4n) is 3.21. The highest BCUT2D eigenvalue weighted by Gasteiger charge is 2.35. The Morgan fingerprint density at radius 1 is 1.23 bits per heavy atom. The maximum absolute atomic E-state index is 13.1. The van der Waals surface area contributed by atoms with Crippen LogP contribution in [-0.4, -0.2) is 42.3 Å². The number of fused-ring (bicyclic) bond motifs is 1. The van der Waals surface area contributed by atoms with Gasteiger partial charge in [-0.25, -0.2) is 9.07 Å². The van der Waals surface area contributed by atoms with Gasteiger partial charge in [0.2, 0.25) is 0 Å². The summed E-state index contributed by atoms with van der Waals surface area (Å²) in [4.78, 5) is 14.0. The summed E-state index contributed by atoms with van der Waals surface area (Å²) in [6.45, 7) is -0.0558. The predicted molar refractivity (Wildman–Crippen MR) is 103 cm³/mol. The number of aromatic nitrogens is 5. The van der Waals surface area contributed by atoms with Gasteiger partial charge in [-0.05, 0) is 24.3 Å². The van der Waals surface area contributed by atoms with Crippen LogP contribution in [0.25, 0.3) is 6.08 Å². The van der Waals surface area contributed by atoms with Gasteiger partial charge in [-0.1, -0.05) is 22.9 Å². The van der Waals surface area contributed by atoms with Crippen molar-refractivity contribution in [2.24, 2.45) is 0 Å². The normalized spacial score (nSPS) is 13.5. The van der Waals surface area contributed by atoms with Crippen LogP contribution in [-0.2, 0) is 25.8 Å². The molecule has 0 saturated carbocycles. The third-order valence-corrected chi connectivity index (χ3v) is 5.10. The van der Waals surface area contributed by atoms with E-state index in [4.69, 9.17) is 11.6 Å². The van der Waals surface area contributed by atoms with Crippen LogP contribution < -0.4 is 0 Å². The van der Waals surface area contributed by atoms with Crippen LogP contribution in [0, 0.1) is 0 Å². The quantitative estimate of drug-likeness (QED) is 0.550. The van der Waals surface area contributed by atoms with Gasteiger partial charge in [0.15, 0.2) is 0 Å². The van der Waals surface area contributed by atoms with E-state index in [1.807, 2.05) is 0 Å². The zero-order chi connectivity index (χ0) is 22.2. The first-order valence-electron chi connectivity index (χ1n) is 9.13. The number of hydrogen-bond donors (Lipinski definition) is 0. The summed E-state index contributed by atoms with van der Waals surface area (Å²) in [6, 6.07) is 4.94. The number of benzene rings is 1. The molecule has 0 N–H and O–H groups in total. The SMILES string of the molecule is O=C(c1cccc(C(F)(F)F)c1Cl)N1C=Cc2c(nnn2Cc2ccn(CCF)n2)C1. The number of halogens is 5. The van der Waals surface area contributed by atoms with E-state index >= 15 is 0 Å². The van der Waals surface area contributed by atoms with Gasteiger partial charge in [0.1, 0.15) is 12.4 Å². The Bertz CT molecular complexity index is 1150. The van der Waals surface area contributed by atoms with E-state index in [2.05, 4.69) is 15.4 Å². The van der Waals surface area contributed by atoms with Gasteiger partial charge in [0.25, 0.3) is 5.91 Å². The second-order valence-corrected chi connectivity index (χ2v) is 7.13. The maximum atomic E-state index is 13.1. The molecule has 0 aliphatic carbocycles. The number of carbonyl (C=O) groups excluding carboxylic acids is 1. The first kappa shape index (κ1) is 21.0. The molecule has 0 fully saturated rings. The third kappa shape index (κ3) is 4.18. The molecule has 162 valence electrons. The van der Waals surface area contributed by atoms with Crippen molar-refractivity contribution in [3.05, 3.63) is 69.9 Å². The molecule has 1 aromatic carbocycles. The summed E-state index contributed by atoms with van der Waals surface area (Å²) >= 11 is 5.87. The van der Waals surface area contributed by atoms with Gasteiger partial charge in [-0.3, -0.25) is 9.48 Å². The number of nitrogens with zero attached hydrogens (tertiary/aromatic N) is 6. The number of carbonyl (C=O) groups is 1. The summed E-state index contributed by atoms with van der Waals surface area (Å²) in [5, 5.41) is 11.7. The number of rotatable bonds is 5. The Kier molecular flexibility index (Phi) is 5.52. The van der Waals surface area contributed by atoms with E-state index in [0.29, 0.717) is 23.6 Å². The lowest BCUT2D eigenvalue weighted by Crippen LogP contribution is -2.28. The molecule has 31 heavy (non-hydrogen) atoms. The highest BCUT2D eigenvalue weighted by Crippen LogP contribution is 2.36. The molecular weight excluding hydrogens is 440 g/mol. The molecule has 1 amide bonds. The maximum Gasteiger partial charge on any atom is 0.417 e. The van der Waals surface area contributed by atoms with E-state index in [0.717, 1.165) is 12.1 Å². The van der Waals surface area contributed by atoms with Crippen molar-refractivity contribution in [1.82, 2.24) is 29.7 Å². The van der Waals surface area contributed by atoms with E-state index in [9.17, 15) is 22.4 Å². The van der Waals surface area contributed by atoms with Gasteiger partial charge in [0.05, 0.1) is 47.2 Å². The van der Waals surface area contributed by atoms with Crippen molar-refractivity contribution in [3.8, 4) is 0 Å². The van der Waals surface area contributed by atoms with Crippen molar-refractivity contribution < 1.29 is 22.4 Å². The molecule has 2 aromatic heterocycles. The number of alkyl halides is 4. The molecule has 3 heterocycles. The molecule has 0 atom stereocenters. The summed E-state index contributed by atoms with van der Waals surface area (Å²) in [7, 11) is 0. The molecule has 0 saturated heterocycles. The predicted octanol–water partition coefficient (Wildman–Crippen LogP) is 3.79. The van der Waals surface area contributed by atoms with Crippen molar-refractivity contribution in [2.45, 2.75) is 25.8 Å². The van der Waals surface area contributed by atoms with Crippen molar-refractivity contribution in [3.63, 3.8) is 0 Å². The molecule has 4 rings (SSSR count). The average Bonchev–Trinajstić information content (AvgIpc) is 3.34. The molecule has 7 nitrogen and oxygen atoms in total. The largest absolute Gasteiger partial charge is 0.417 e. The number of hydrogen-bond acceptors (Lipinski definition) is 4. The standard InChI is InChI=1S/C19H15ClF4N6O/c20-17-13(2-1-3-14(17)19(22,23)24)18(31)28-7-5-16-15(11-28)25-27-30(16)10-12-4-8-29(26-12)9-6-21/h1-5,7-8H,6,9-11H2. The molecule has 12 heteroatoms. The van der Waals surface area contributed by atoms with E-state index < -0.39 is 29.3 Å². The lowest BCUT2D eigenvalue weighted by Gasteiger charge is -2.22. The minimum Gasteiger partial charge on any atom is -0.309 e. The second-order valence-electron chi connectivity index (χ2n) is 6.75. The van der Waals surface area contributed by atoms with E-state index in [1.165, 1.54) is 21.8 Å². The molecule has 1 aliphatic rings. The Labute approximate surface area is 178 Å². The first-order chi connectivity index (χ1) is 14.8. The van der Waals surface area contributed by atoms with Gasteiger partial charge in [-0.15, -0.1) is 5.10 Å². The van der Waals surface area contributed by atoms with Crippen LogP contribution in [0.15, 0.2) is 36.7 Å². The van der Waals surface area contributed by atoms with Crippen LogP contribution in [0.3, 0.4) is 0 Å². The van der Waals surface area contributed by atoms with Gasteiger partial charge in [0, 0.05) is 12.4 Å².